The van der Waals surface area contributed by atoms with Crippen LogP contribution in [0.4, 0.5) is 0 Å². The third-order valence-electron chi connectivity index (χ3n) is 2.84. The lowest BCUT2D eigenvalue weighted by Crippen LogP contribution is -2.12. The number of esters is 2. The van der Waals surface area contributed by atoms with Crippen LogP contribution >= 0.6 is 0 Å². The molecular formula is C15H16O6. The van der Waals surface area contributed by atoms with E-state index in [1.165, 1.54) is 7.11 Å². The standard InChI is InChI=1S/C15H16O6/c1-4-19-14(16)11-9-7-6-8-10(18-3)12(9)21-13(11)15(17)20-5-2/h6-8H,4-5H2,1-3H3. The summed E-state index contributed by atoms with van der Waals surface area (Å²) in [4.78, 5) is 24.1. The molecule has 2 aromatic rings. The van der Waals surface area contributed by atoms with E-state index in [9.17, 15) is 9.59 Å². The number of methoxy groups -OCH3 is 1. The second-order valence-electron chi connectivity index (χ2n) is 4.08. The predicted molar refractivity (Wildman–Crippen MR) is 74.7 cm³/mol. The minimum atomic E-state index is -0.709. The van der Waals surface area contributed by atoms with Gasteiger partial charge < -0.3 is 18.6 Å². The summed E-state index contributed by atoms with van der Waals surface area (Å²) in [5.41, 5.74) is 0.371. The third-order valence-corrected chi connectivity index (χ3v) is 2.84. The number of carbonyl (C=O) groups is 2. The number of ether oxygens (including phenoxy) is 3. The summed E-state index contributed by atoms with van der Waals surface area (Å²) in [6, 6.07) is 5.04. The highest BCUT2D eigenvalue weighted by Gasteiger charge is 2.29. The molecule has 0 aliphatic rings. The van der Waals surface area contributed by atoms with E-state index in [2.05, 4.69) is 0 Å². The van der Waals surface area contributed by atoms with Crippen LogP contribution in [0.15, 0.2) is 22.6 Å². The van der Waals surface area contributed by atoms with Crippen molar-refractivity contribution in [2.24, 2.45) is 0 Å². The fraction of sp³-hybridized carbons (Fsp3) is 0.333. The molecule has 0 radical (unpaired) electrons. The fourth-order valence-electron chi connectivity index (χ4n) is 2.00. The zero-order chi connectivity index (χ0) is 15.4. The van der Waals surface area contributed by atoms with Gasteiger partial charge in [0.1, 0.15) is 5.56 Å². The number of para-hydroxylation sites is 1. The Kier molecular flexibility index (Phi) is 4.47. The summed E-state index contributed by atoms with van der Waals surface area (Å²) in [7, 11) is 1.48. The molecule has 0 spiro atoms. The summed E-state index contributed by atoms with van der Waals surface area (Å²) in [5, 5.41) is 0.454. The number of benzene rings is 1. The highest BCUT2D eigenvalue weighted by atomic mass is 16.6. The van der Waals surface area contributed by atoms with E-state index in [1.54, 1.807) is 32.0 Å². The van der Waals surface area contributed by atoms with Crippen molar-refractivity contribution in [3.8, 4) is 5.75 Å². The molecule has 0 saturated carbocycles. The van der Waals surface area contributed by atoms with Crippen molar-refractivity contribution < 1.29 is 28.2 Å². The molecule has 0 atom stereocenters. The first-order valence-corrected chi connectivity index (χ1v) is 6.57. The minimum absolute atomic E-state index is 0.0594. The number of carbonyl (C=O) groups excluding carboxylic acids is 2. The minimum Gasteiger partial charge on any atom is -0.493 e. The van der Waals surface area contributed by atoms with Gasteiger partial charge in [-0.1, -0.05) is 6.07 Å². The molecule has 6 heteroatoms. The monoisotopic (exact) mass is 292 g/mol. The van der Waals surface area contributed by atoms with Gasteiger partial charge in [-0.05, 0) is 26.0 Å². The summed E-state index contributed by atoms with van der Waals surface area (Å²) in [6.07, 6.45) is 0. The van der Waals surface area contributed by atoms with E-state index < -0.39 is 11.9 Å². The van der Waals surface area contributed by atoms with Crippen LogP contribution in [0.25, 0.3) is 11.0 Å². The molecule has 0 aliphatic heterocycles. The lowest BCUT2D eigenvalue weighted by molar-refractivity contribution is 0.0454. The van der Waals surface area contributed by atoms with Gasteiger partial charge >= 0.3 is 11.9 Å². The molecule has 1 aromatic heterocycles. The van der Waals surface area contributed by atoms with Crippen LogP contribution < -0.4 is 4.74 Å². The van der Waals surface area contributed by atoms with Gasteiger partial charge in [0.2, 0.25) is 5.76 Å². The molecule has 112 valence electrons. The Balaban J connectivity index is 2.67. The van der Waals surface area contributed by atoms with Crippen molar-refractivity contribution in [2.75, 3.05) is 20.3 Å². The Morgan fingerprint density at radius 2 is 1.76 bits per heavy atom. The van der Waals surface area contributed by atoms with Crippen LogP contribution in [0, 0.1) is 0 Å². The van der Waals surface area contributed by atoms with Crippen LogP contribution in [0.5, 0.6) is 5.75 Å². The highest BCUT2D eigenvalue weighted by Crippen LogP contribution is 2.33. The zero-order valence-electron chi connectivity index (χ0n) is 12.1. The maximum Gasteiger partial charge on any atom is 0.375 e. The topological polar surface area (TPSA) is 75.0 Å². The number of furan rings is 1. The quantitative estimate of drug-likeness (QED) is 0.789. The second-order valence-corrected chi connectivity index (χ2v) is 4.08. The van der Waals surface area contributed by atoms with Crippen LogP contribution in [0.2, 0.25) is 0 Å². The molecule has 1 aromatic carbocycles. The van der Waals surface area contributed by atoms with Crippen LogP contribution in [0.3, 0.4) is 0 Å². The lowest BCUT2D eigenvalue weighted by atomic mass is 10.1. The molecule has 1 heterocycles. The van der Waals surface area contributed by atoms with Gasteiger partial charge in [-0.25, -0.2) is 9.59 Å². The maximum atomic E-state index is 12.1. The fourth-order valence-corrected chi connectivity index (χ4v) is 2.00. The van der Waals surface area contributed by atoms with Crippen LogP contribution in [-0.2, 0) is 9.47 Å². The molecule has 0 amide bonds. The molecule has 0 saturated heterocycles. The van der Waals surface area contributed by atoms with Crippen molar-refractivity contribution in [3.05, 3.63) is 29.5 Å². The summed E-state index contributed by atoms with van der Waals surface area (Å²) in [5.74, 6) is -1.09. The van der Waals surface area contributed by atoms with Crippen molar-refractivity contribution in [2.45, 2.75) is 13.8 Å². The summed E-state index contributed by atoms with van der Waals surface area (Å²) in [6.45, 7) is 3.73. The SMILES string of the molecule is CCOC(=O)c1oc2c(OC)cccc2c1C(=O)OCC. The van der Waals surface area contributed by atoms with E-state index in [0.29, 0.717) is 16.7 Å². The molecule has 0 bridgehead atoms. The largest absolute Gasteiger partial charge is 0.493 e. The lowest BCUT2D eigenvalue weighted by Gasteiger charge is -2.02. The van der Waals surface area contributed by atoms with Crippen molar-refractivity contribution in [1.29, 1.82) is 0 Å². The normalized spacial score (nSPS) is 10.4. The van der Waals surface area contributed by atoms with Crippen LogP contribution in [-0.4, -0.2) is 32.3 Å². The average Bonchev–Trinajstić information content (AvgIpc) is 2.87. The molecular weight excluding hydrogens is 276 g/mol. The Labute approximate surface area is 121 Å². The van der Waals surface area contributed by atoms with Crippen LogP contribution in [0.1, 0.15) is 34.8 Å². The Morgan fingerprint density at radius 1 is 1.10 bits per heavy atom. The van der Waals surface area contributed by atoms with E-state index in [0.717, 1.165) is 0 Å². The predicted octanol–water partition coefficient (Wildman–Crippen LogP) is 2.79. The smallest absolute Gasteiger partial charge is 0.375 e. The van der Waals surface area contributed by atoms with E-state index in [-0.39, 0.29) is 24.5 Å². The molecule has 0 unspecified atom stereocenters. The van der Waals surface area contributed by atoms with Gasteiger partial charge in [0.05, 0.1) is 20.3 Å². The first-order valence-electron chi connectivity index (χ1n) is 6.57. The second kappa shape index (κ2) is 6.30. The summed E-state index contributed by atoms with van der Waals surface area (Å²) >= 11 is 0. The summed E-state index contributed by atoms with van der Waals surface area (Å²) < 4.78 is 20.6. The number of rotatable bonds is 5. The van der Waals surface area contributed by atoms with Gasteiger partial charge in [-0.15, -0.1) is 0 Å². The van der Waals surface area contributed by atoms with Gasteiger partial charge in [0.15, 0.2) is 11.3 Å². The maximum absolute atomic E-state index is 12.1. The van der Waals surface area contributed by atoms with E-state index >= 15 is 0 Å². The molecule has 2 rings (SSSR count). The van der Waals surface area contributed by atoms with E-state index in [1.807, 2.05) is 0 Å². The average molecular weight is 292 g/mol. The molecule has 21 heavy (non-hydrogen) atoms. The van der Waals surface area contributed by atoms with Gasteiger partial charge in [0.25, 0.3) is 0 Å². The number of hydrogen-bond donors (Lipinski definition) is 0. The van der Waals surface area contributed by atoms with Gasteiger partial charge in [-0.3, -0.25) is 0 Å². The molecule has 6 nitrogen and oxygen atoms in total. The van der Waals surface area contributed by atoms with Crippen molar-refractivity contribution >= 4 is 22.9 Å². The van der Waals surface area contributed by atoms with E-state index in [4.69, 9.17) is 18.6 Å². The zero-order valence-corrected chi connectivity index (χ0v) is 12.1. The highest BCUT2D eigenvalue weighted by molar-refractivity contribution is 6.12. The first kappa shape index (κ1) is 14.9. The first-order chi connectivity index (χ1) is 10.1. The third kappa shape index (κ3) is 2.69. The Bertz CT molecular complexity index is 670. The van der Waals surface area contributed by atoms with Crippen molar-refractivity contribution in [1.82, 2.24) is 0 Å². The number of hydrogen-bond acceptors (Lipinski definition) is 6. The molecule has 0 aliphatic carbocycles. The Morgan fingerprint density at radius 3 is 2.38 bits per heavy atom. The van der Waals surface area contributed by atoms with Gasteiger partial charge in [-0.2, -0.15) is 0 Å². The number of fused-ring (bicyclic) bond motifs is 1. The molecule has 0 N–H and O–H groups in total. The Hall–Kier alpha value is -2.50. The van der Waals surface area contributed by atoms with Crippen molar-refractivity contribution in [3.63, 3.8) is 0 Å². The molecule has 0 fully saturated rings. The van der Waals surface area contributed by atoms with Gasteiger partial charge in [0, 0.05) is 5.39 Å².